The van der Waals surface area contributed by atoms with E-state index in [0.717, 1.165) is 23.1 Å². The monoisotopic (exact) mass is 503 g/mol. The molecule has 0 bridgehead atoms. The van der Waals surface area contributed by atoms with Gasteiger partial charge in [0.2, 0.25) is 5.91 Å². The number of rotatable bonds is 7. The van der Waals surface area contributed by atoms with E-state index in [1.807, 2.05) is 24.3 Å². The van der Waals surface area contributed by atoms with Crippen LogP contribution in [0, 0.1) is 0 Å². The number of halogens is 2. The van der Waals surface area contributed by atoms with Crippen molar-refractivity contribution < 1.29 is 13.2 Å². The van der Waals surface area contributed by atoms with Crippen LogP contribution >= 0.6 is 23.2 Å². The molecule has 0 atom stereocenters. The summed E-state index contributed by atoms with van der Waals surface area (Å²) < 4.78 is 27.8. The van der Waals surface area contributed by atoms with Crippen LogP contribution in [-0.4, -0.2) is 34.0 Å². The van der Waals surface area contributed by atoms with Crippen molar-refractivity contribution in [3.63, 3.8) is 0 Å². The van der Waals surface area contributed by atoms with Gasteiger partial charge in [0.05, 0.1) is 20.6 Å². The SMILES string of the molecule is O=C(CN(c1cccc(Cl)c1Cl)S(=O)(=O)c1ccccc1)Nc1ccc(N2CCCC2)cc1. The Morgan fingerprint density at radius 2 is 1.58 bits per heavy atom. The van der Waals surface area contributed by atoms with Crippen LogP contribution in [0.3, 0.4) is 0 Å². The second-order valence-electron chi connectivity index (χ2n) is 7.69. The van der Waals surface area contributed by atoms with Crippen LogP contribution in [-0.2, 0) is 14.8 Å². The van der Waals surface area contributed by atoms with E-state index in [2.05, 4.69) is 10.2 Å². The number of sulfonamides is 1. The quantitative estimate of drug-likeness (QED) is 0.466. The summed E-state index contributed by atoms with van der Waals surface area (Å²) in [5.41, 5.74) is 1.81. The van der Waals surface area contributed by atoms with Gasteiger partial charge in [-0.2, -0.15) is 0 Å². The molecule has 1 aliphatic heterocycles. The van der Waals surface area contributed by atoms with Gasteiger partial charge in [0.15, 0.2) is 0 Å². The molecular formula is C24H23Cl2N3O3S. The van der Waals surface area contributed by atoms with E-state index < -0.39 is 22.5 Å². The Bertz CT molecular complexity index is 1230. The minimum absolute atomic E-state index is 0.0452. The number of amides is 1. The smallest absolute Gasteiger partial charge is 0.264 e. The molecule has 4 rings (SSSR count). The lowest BCUT2D eigenvalue weighted by Crippen LogP contribution is -2.38. The first-order valence-electron chi connectivity index (χ1n) is 10.5. The van der Waals surface area contributed by atoms with E-state index in [-0.39, 0.29) is 20.6 Å². The molecule has 0 saturated carbocycles. The summed E-state index contributed by atoms with van der Waals surface area (Å²) in [7, 11) is -4.08. The lowest BCUT2D eigenvalue weighted by atomic mass is 10.2. The fraction of sp³-hybridized carbons (Fsp3) is 0.208. The van der Waals surface area contributed by atoms with E-state index in [0.29, 0.717) is 5.69 Å². The Kier molecular flexibility index (Phi) is 7.12. The van der Waals surface area contributed by atoms with Gasteiger partial charge in [0.1, 0.15) is 6.54 Å². The van der Waals surface area contributed by atoms with Gasteiger partial charge in [0, 0.05) is 24.5 Å². The molecule has 1 N–H and O–H groups in total. The third-order valence-corrected chi connectivity index (χ3v) is 8.02. The van der Waals surface area contributed by atoms with E-state index in [4.69, 9.17) is 23.2 Å². The van der Waals surface area contributed by atoms with Crippen LogP contribution < -0.4 is 14.5 Å². The summed E-state index contributed by atoms with van der Waals surface area (Å²) in [6, 6.07) is 20.1. The number of benzene rings is 3. The number of carbonyl (C=O) groups is 1. The molecule has 0 aliphatic carbocycles. The van der Waals surface area contributed by atoms with E-state index in [1.54, 1.807) is 30.3 Å². The normalized spacial score (nSPS) is 13.7. The summed E-state index contributed by atoms with van der Waals surface area (Å²) in [4.78, 5) is 15.2. The molecule has 0 unspecified atom stereocenters. The number of hydrogen-bond donors (Lipinski definition) is 1. The largest absolute Gasteiger partial charge is 0.372 e. The Morgan fingerprint density at radius 3 is 2.24 bits per heavy atom. The Balaban J connectivity index is 1.58. The zero-order chi connectivity index (χ0) is 23.4. The molecule has 33 heavy (non-hydrogen) atoms. The van der Waals surface area contributed by atoms with Crippen molar-refractivity contribution in [2.45, 2.75) is 17.7 Å². The van der Waals surface area contributed by atoms with E-state index in [9.17, 15) is 13.2 Å². The van der Waals surface area contributed by atoms with Crippen molar-refractivity contribution in [2.24, 2.45) is 0 Å². The van der Waals surface area contributed by atoms with Crippen LogP contribution in [0.25, 0.3) is 0 Å². The molecule has 0 spiro atoms. The molecule has 1 saturated heterocycles. The van der Waals surface area contributed by atoms with Gasteiger partial charge < -0.3 is 10.2 Å². The average Bonchev–Trinajstić information content (AvgIpc) is 3.36. The number of anilines is 3. The van der Waals surface area contributed by atoms with Gasteiger partial charge in [-0.15, -0.1) is 0 Å². The van der Waals surface area contributed by atoms with Crippen LogP contribution in [0.1, 0.15) is 12.8 Å². The lowest BCUT2D eigenvalue weighted by Gasteiger charge is -2.25. The Hall–Kier alpha value is -2.74. The topological polar surface area (TPSA) is 69.7 Å². The molecule has 3 aromatic carbocycles. The molecule has 1 amide bonds. The fourth-order valence-corrected chi connectivity index (χ4v) is 5.67. The first-order chi connectivity index (χ1) is 15.9. The number of nitrogens with zero attached hydrogens (tertiary/aromatic N) is 2. The van der Waals surface area contributed by atoms with E-state index in [1.165, 1.54) is 31.0 Å². The van der Waals surface area contributed by atoms with Crippen molar-refractivity contribution in [3.8, 4) is 0 Å². The molecule has 0 aromatic heterocycles. The third kappa shape index (κ3) is 5.27. The number of nitrogens with one attached hydrogen (secondary N) is 1. The van der Waals surface area contributed by atoms with Crippen LogP contribution in [0.2, 0.25) is 10.0 Å². The third-order valence-electron chi connectivity index (χ3n) is 5.44. The standard InChI is InChI=1S/C24H23Cl2N3O3S/c25-21-9-6-10-22(24(21)26)29(33(31,32)20-7-2-1-3-8-20)17-23(30)27-18-11-13-19(14-12-18)28-15-4-5-16-28/h1-3,6-14H,4-5,15-17H2,(H,27,30). The van der Waals surface area contributed by atoms with Gasteiger partial charge >= 0.3 is 0 Å². The average molecular weight is 504 g/mol. The highest BCUT2D eigenvalue weighted by atomic mass is 35.5. The first-order valence-corrected chi connectivity index (χ1v) is 12.7. The molecule has 1 aliphatic rings. The summed E-state index contributed by atoms with van der Waals surface area (Å²) in [5.74, 6) is -0.500. The molecule has 3 aromatic rings. The highest BCUT2D eigenvalue weighted by Crippen LogP contribution is 2.35. The van der Waals surface area contributed by atoms with Crippen molar-refractivity contribution in [1.82, 2.24) is 0 Å². The molecule has 1 fully saturated rings. The van der Waals surface area contributed by atoms with Crippen molar-refractivity contribution in [3.05, 3.63) is 82.8 Å². The van der Waals surface area contributed by atoms with Gasteiger partial charge in [-0.3, -0.25) is 9.10 Å². The van der Waals surface area contributed by atoms with Gasteiger partial charge in [0.25, 0.3) is 10.0 Å². The summed E-state index contributed by atoms with van der Waals surface area (Å²) in [5, 5.41) is 3.03. The van der Waals surface area contributed by atoms with Crippen molar-refractivity contribution in [1.29, 1.82) is 0 Å². The zero-order valence-electron chi connectivity index (χ0n) is 17.7. The van der Waals surface area contributed by atoms with Crippen molar-refractivity contribution >= 4 is 56.2 Å². The maximum atomic E-state index is 13.4. The molecular weight excluding hydrogens is 481 g/mol. The summed E-state index contributed by atoms with van der Waals surface area (Å²) in [6.07, 6.45) is 2.35. The number of carbonyl (C=O) groups excluding carboxylic acids is 1. The minimum Gasteiger partial charge on any atom is -0.372 e. The second kappa shape index (κ2) is 10.0. The predicted molar refractivity (Wildman–Crippen MR) is 134 cm³/mol. The summed E-state index contributed by atoms with van der Waals surface area (Å²) >= 11 is 12.5. The molecule has 0 radical (unpaired) electrons. The Labute approximate surface area is 203 Å². The van der Waals surface area contributed by atoms with Gasteiger partial charge in [-0.1, -0.05) is 47.5 Å². The van der Waals surface area contributed by atoms with Crippen molar-refractivity contribution in [2.75, 3.05) is 34.2 Å². The first kappa shape index (κ1) is 23.4. The van der Waals surface area contributed by atoms with Gasteiger partial charge in [-0.25, -0.2) is 8.42 Å². The van der Waals surface area contributed by atoms with Gasteiger partial charge in [-0.05, 0) is 61.4 Å². The maximum Gasteiger partial charge on any atom is 0.264 e. The van der Waals surface area contributed by atoms with E-state index >= 15 is 0 Å². The molecule has 1 heterocycles. The summed E-state index contributed by atoms with van der Waals surface area (Å²) in [6.45, 7) is 1.59. The Morgan fingerprint density at radius 1 is 0.909 bits per heavy atom. The maximum absolute atomic E-state index is 13.4. The van der Waals surface area contributed by atoms with Crippen LogP contribution in [0.4, 0.5) is 17.1 Å². The second-order valence-corrected chi connectivity index (χ2v) is 10.3. The lowest BCUT2D eigenvalue weighted by molar-refractivity contribution is -0.114. The highest BCUT2D eigenvalue weighted by molar-refractivity contribution is 7.92. The molecule has 9 heteroatoms. The molecule has 172 valence electrons. The van der Waals surface area contributed by atoms with Crippen LogP contribution in [0.5, 0.6) is 0 Å². The van der Waals surface area contributed by atoms with Crippen LogP contribution in [0.15, 0.2) is 77.7 Å². The fourth-order valence-electron chi connectivity index (χ4n) is 3.77. The zero-order valence-corrected chi connectivity index (χ0v) is 20.1. The molecule has 6 nitrogen and oxygen atoms in total. The minimum atomic E-state index is -4.08. The predicted octanol–water partition coefficient (Wildman–Crippen LogP) is 5.43. The number of hydrogen-bond acceptors (Lipinski definition) is 4. The highest BCUT2D eigenvalue weighted by Gasteiger charge is 2.29.